The van der Waals surface area contributed by atoms with Crippen molar-refractivity contribution in [2.45, 2.75) is 6.42 Å². The van der Waals surface area contributed by atoms with Crippen molar-refractivity contribution >= 4 is 34.9 Å². The number of imide groups is 1. The Morgan fingerprint density at radius 1 is 0.789 bits per heavy atom. The van der Waals surface area contributed by atoms with E-state index < -0.39 is 51.7 Å². The van der Waals surface area contributed by atoms with Gasteiger partial charge in [0.1, 0.15) is 6.54 Å². The molecule has 0 spiro atoms. The molecule has 2 aromatic rings. The first-order valence-corrected chi connectivity index (χ1v) is 12.1. The lowest BCUT2D eigenvalue weighted by molar-refractivity contribution is -0.385. The number of hydrogen-bond acceptors (Lipinski definition) is 8. The zero-order valence-corrected chi connectivity index (χ0v) is 19.7. The Hall–Kier alpha value is -4.74. The van der Waals surface area contributed by atoms with E-state index in [1.165, 1.54) is 24.3 Å². The summed E-state index contributed by atoms with van der Waals surface area (Å²) in [5.41, 5.74) is -0.477. The molecule has 2 saturated carbocycles. The van der Waals surface area contributed by atoms with E-state index >= 15 is 0 Å². The topological polar surface area (TPSA) is 161 Å². The maximum Gasteiger partial charge on any atom is 0.273 e. The smallest absolute Gasteiger partial charge is 0.273 e. The molecule has 2 aromatic carbocycles. The van der Waals surface area contributed by atoms with Gasteiger partial charge in [0.2, 0.25) is 0 Å². The number of hydrazine groups is 1. The number of nitro groups is 2. The summed E-state index contributed by atoms with van der Waals surface area (Å²) in [5, 5.41) is 23.6. The van der Waals surface area contributed by atoms with E-state index in [0.29, 0.717) is 11.8 Å². The molecule has 7 rings (SSSR count). The number of Topliss-reactive ketones (excluding diaryl/α,β-unsaturated/α-hetero) is 1. The Kier molecular flexibility index (Phi) is 5.23. The average Bonchev–Trinajstić information content (AvgIpc) is 3.70. The molecule has 4 aliphatic carbocycles. The second kappa shape index (κ2) is 8.40. The molecular weight excluding hydrogens is 496 g/mol. The number of benzene rings is 2. The van der Waals surface area contributed by atoms with Crippen LogP contribution in [0, 0.1) is 55.7 Å². The lowest BCUT2D eigenvalue weighted by atomic mass is 9.63. The highest BCUT2D eigenvalue weighted by molar-refractivity contribution is 6.10. The van der Waals surface area contributed by atoms with Gasteiger partial charge in [-0.2, -0.15) is 5.01 Å². The van der Waals surface area contributed by atoms with Crippen molar-refractivity contribution in [3.8, 4) is 0 Å². The molecule has 0 unspecified atom stereocenters. The third-order valence-corrected chi connectivity index (χ3v) is 8.13. The van der Waals surface area contributed by atoms with Gasteiger partial charge in [0.25, 0.3) is 29.1 Å². The fourth-order valence-corrected chi connectivity index (χ4v) is 6.28. The first kappa shape index (κ1) is 23.6. The number of ketones is 1. The molecule has 12 heteroatoms. The Balaban J connectivity index is 1.34. The molecule has 3 fully saturated rings. The van der Waals surface area contributed by atoms with Crippen LogP contribution in [0.2, 0.25) is 0 Å². The highest BCUT2D eigenvalue weighted by Gasteiger charge is 2.68. The van der Waals surface area contributed by atoms with Crippen molar-refractivity contribution in [2.24, 2.45) is 35.5 Å². The second-order valence-electron chi connectivity index (χ2n) is 10.0. The standard InChI is InChI=1S/C26H20N4O8/c31-21(13-1-5-15(6-2-13)29(35)36)12-27(24(32)14-3-7-16(8-4-14)30(37)38)28-25(33)22-17-9-10-18(20-11-19(17)20)23(22)26(28)34/h1-10,17-20,22-23H,11-12H2/t17-,18-,19-,20-,22+,23+/m0/s1. The van der Waals surface area contributed by atoms with Gasteiger partial charge in [-0.3, -0.25) is 39.4 Å². The van der Waals surface area contributed by atoms with Gasteiger partial charge in [0.05, 0.1) is 21.7 Å². The second-order valence-corrected chi connectivity index (χ2v) is 10.0. The van der Waals surface area contributed by atoms with Crippen LogP contribution in [0.5, 0.6) is 0 Å². The number of rotatable bonds is 7. The van der Waals surface area contributed by atoms with Gasteiger partial charge in [0.15, 0.2) is 5.78 Å². The van der Waals surface area contributed by atoms with Gasteiger partial charge in [-0.05, 0) is 54.4 Å². The van der Waals surface area contributed by atoms with Crippen molar-refractivity contribution < 1.29 is 29.0 Å². The Morgan fingerprint density at radius 3 is 1.68 bits per heavy atom. The van der Waals surface area contributed by atoms with Crippen molar-refractivity contribution in [3.05, 3.63) is 92.0 Å². The van der Waals surface area contributed by atoms with Crippen LogP contribution >= 0.6 is 0 Å². The molecule has 0 aromatic heterocycles. The Morgan fingerprint density at radius 2 is 1.24 bits per heavy atom. The van der Waals surface area contributed by atoms with E-state index in [1.54, 1.807) is 0 Å². The van der Waals surface area contributed by atoms with Crippen LogP contribution in [0.1, 0.15) is 27.1 Å². The lowest BCUT2D eigenvalue weighted by Crippen LogP contribution is -2.52. The van der Waals surface area contributed by atoms with Crippen molar-refractivity contribution in [1.82, 2.24) is 10.0 Å². The van der Waals surface area contributed by atoms with Gasteiger partial charge in [0, 0.05) is 35.4 Å². The van der Waals surface area contributed by atoms with Gasteiger partial charge in [-0.25, -0.2) is 5.01 Å². The van der Waals surface area contributed by atoms with Crippen LogP contribution < -0.4 is 0 Å². The molecule has 0 N–H and O–H groups in total. The van der Waals surface area contributed by atoms with Gasteiger partial charge in [-0.1, -0.05) is 12.2 Å². The summed E-state index contributed by atoms with van der Waals surface area (Å²) in [4.78, 5) is 74.9. The van der Waals surface area contributed by atoms with Gasteiger partial charge in [-0.15, -0.1) is 0 Å². The quantitative estimate of drug-likeness (QED) is 0.178. The minimum Gasteiger partial charge on any atom is -0.292 e. The van der Waals surface area contributed by atoms with Crippen molar-refractivity contribution in [1.29, 1.82) is 0 Å². The Labute approximate surface area is 214 Å². The molecule has 1 saturated heterocycles. The van der Waals surface area contributed by atoms with Crippen LogP contribution in [0.15, 0.2) is 60.7 Å². The first-order chi connectivity index (χ1) is 18.2. The molecule has 3 amide bonds. The SMILES string of the molecule is O=C(CN(C(=O)c1ccc([N+](=O)[O-])cc1)N1C(=O)[C@@H]2[C@H]3C=C[C@@H]([C@@H]4C[C@@H]34)[C@H]2C1=O)c1ccc([N+](=O)[O-])cc1. The molecule has 1 heterocycles. The van der Waals surface area contributed by atoms with E-state index in [4.69, 9.17) is 0 Å². The highest BCUT2D eigenvalue weighted by Crippen LogP contribution is 2.65. The van der Waals surface area contributed by atoms with Gasteiger partial charge >= 0.3 is 0 Å². The summed E-state index contributed by atoms with van der Waals surface area (Å²) in [5.74, 6) is -3.32. The fourth-order valence-electron chi connectivity index (χ4n) is 6.28. The molecule has 2 bridgehead atoms. The predicted octanol–water partition coefficient (Wildman–Crippen LogP) is 2.80. The Bertz CT molecular complexity index is 1410. The molecule has 12 nitrogen and oxygen atoms in total. The number of carbonyl (C=O) groups excluding carboxylic acids is 4. The molecule has 6 atom stereocenters. The fraction of sp³-hybridized carbons (Fsp3) is 0.308. The molecule has 5 aliphatic rings. The third kappa shape index (κ3) is 3.51. The van der Waals surface area contributed by atoms with Crippen LogP contribution in [-0.2, 0) is 9.59 Å². The summed E-state index contributed by atoms with van der Waals surface area (Å²) in [6, 6.07) is 9.40. The first-order valence-electron chi connectivity index (χ1n) is 12.1. The maximum atomic E-state index is 13.7. The monoisotopic (exact) mass is 516 g/mol. The number of nitro benzene ring substituents is 2. The number of hydrogen-bond donors (Lipinski definition) is 0. The molecular formula is C26H20N4O8. The summed E-state index contributed by atoms with van der Waals surface area (Å²) in [6.07, 6.45) is 4.93. The number of amides is 3. The van der Waals surface area contributed by atoms with Crippen molar-refractivity contribution in [3.63, 3.8) is 0 Å². The van der Waals surface area contributed by atoms with Crippen LogP contribution in [0.25, 0.3) is 0 Å². The molecule has 0 radical (unpaired) electrons. The minimum atomic E-state index is -0.846. The number of nitrogens with zero attached hydrogens (tertiary/aromatic N) is 4. The zero-order valence-electron chi connectivity index (χ0n) is 19.7. The third-order valence-electron chi connectivity index (χ3n) is 8.13. The molecule has 192 valence electrons. The number of non-ortho nitro benzene ring substituents is 2. The van der Waals surface area contributed by atoms with Crippen molar-refractivity contribution in [2.75, 3.05) is 6.54 Å². The van der Waals surface area contributed by atoms with Crippen LogP contribution in [0.3, 0.4) is 0 Å². The molecule has 1 aliphatic heterocycles. The van der Waals surface area contributed by atoms with E-state index in [0.717, 1.165) is 40.7 Å². The van der Waals surface area contributed by atoms with E-state index in [9.17, 15) is 39.4 Å². The van der Waals surface area contributed by atoms with Gasteiger partial charge < -0.3 is 0 Å². The van der Waals surface area contributed by atoms with E-state index in [-0.39, 0.29) is 34.3 Å². The summed E-state index contributed by atoms with van der Waals surface area (Å²) in [7, 11) is 0. The maximum absolute atomic E-state index is 13.7. The van der Waals surface area contributed by atoms with Crippen LogP contribution in [0.4, 0.5) is 11.4 Å². The number of carbonyl (C=O) groups is 4. The van der Waals surface area contributed by atoms with Crippen LogP contribution in [-0.4, -0.2) is 49.9 Å². The summed E-state index contributed by atoms with van der Waals surface area (Å²) in [6.45, 7) is -0.680. The average molecular weight is 516 g/mol. The number of allylic oxidation sites excluding steroid dienone is 2. The largest absolute Gasteiger partial charge is 0.292 e. The zero-order chi connectivity index (χ0) is 26.9. The predicted molar refractivity (Wildman–Crippen MR) is 128 cm³/mol. The summed E-state index contributed by atoms with van der Waals surface area (Å²) >= 11 is 0. The van der Waals surface area contributed by atoms with E-state index in [1.807, 2.05) is 12.2 Å². The van der Waals surface area contributed by atoms with E-state index in [2.05, 4.69) is 0 Å². The summed E-state index contributed by atoms with van der Waals surface area (Å²) < 4.78 is 0. The highest BCUT2D eigenvalue weighted by atomic mass is 16.6. The minimum absolute atomic E-state index is 0.0495. The normalized spacial score (nSPS) is 28.1. The molecule has 38 heavy (non-hydrogen) atoms. The lowest BCUT2D eigenvalue weighted by Gasteiger charge is -2.37.